The molecule has 1 fully saturated rings. The molecule has 1 aliphatic carbocycles. The number of urea groups is 1. The monoisotopic (exact) mass is 448 g/mol. The first-order valence-corrected chi connectivity index (χ1v) is 12.1. The van der Waals surface area contributed by atoms with Crippen molar-refractivity contribution in [3.63, 3.8) is 0 Å². The van der Waals surface area contributed by atoms with Crippen LogP contribution in [-0.2, 0) is 11.2 Å². The smallest absolute Gasteiger partial charge is 0.323 e. The molecule has 2 heterocycles. The second-order valence-electron chi connectivity index (χ2n) is 7.67. The standard InChI is InChI=1S/C21H28N4O3S2/c1-15-6-8-17(9-7-15)25(11-3-5-16-4-2-10-22-12-16)21(28)24-20-23-13-19(30-20)29-14-18(26)27/h2,4,10,12-13,15,17H,3,5-9,11,14H2,1H3,(H,26,27)(H,23,24,28)/t15-,17-. The molecular weight excluding hydrogens is 420 g/mol. The van der Waals surface area contributed by atoms with Crippen molar-refractivity contribution in [2.24, 2.45) is 5.92 Å². The molecule has 2 amide bonds. The number of thiazole rings is 1. The Kier molecular flexibility index (Phi) is 8.50. The first-order chi connectivity index (χ1) is 14.5. The van der Waals surface area contributed by atoms with E-state index < -0.39 is 5.97 Å². The van der Waals surface area contributed by atoms with Crippen molar-refractivity contribution in [3.05, 3.63) is 36.3 Å². The van der Waals surface area contributed by atoms with E-state index in [-0.39, 0.29) is 17.8 Å². The van der Waals surface area contributed by atoms with E-state index in [2.05, 4.69) is 28.3 Å². The number of thioether (sulfide) groups is 1. The van der Waals surface area contributed by atoms with Gasteiger partial charge >= 0.3 is 12.0 Å². The van der Waals surface area contributed by atoms with Crippen molar-refractivity contribution in [1.29, 1.82) is 0 Å². The fraction of sp³-hybridized carbons (Fsp3) is 0.524. The van der Waals surface area contributed by atoms with E-state index in [1.54, 1.807) is 12.4 Å². The first-order valence-electron chi connectivity index (χ1n) is 10.3. The van der Waals surface area contributed by atoms with Gasteiger partial charge in [-0.1, -0.05) is 24.3 Å². The van der Waals surface area contributed by atoms with Gasteiger partial charge in [-0.25, -0.2) is 9.78 Å². The van der Waals surface area contributed by atoms with Crippen LogP contribution in [0.25, 0.3) is 0 Å². The Morgan fingerprint density at radius 2 is 2.10 bits per heavy atom. The lowest BCUT2D eigenvalue weighted by molar-refractivity contribution is -0.133. The largest absolute Gasteiger partial charge is 0.481 e. The summed E-state index contributed by atoms with van der Waals surface area (Å²) in [5, 5.41) is 12.2. The number of carbonyl (C=O) groups is 2. The fourth-order valence-corrected chi connectivity index (χ4v) is 5.27. The van der Waals surface area contributed by atoms with Gasteiger partial charge in [-0.2, -0.15) is 0 Å². The van der Waals surface area contributed by atoms with Crippen LogP contribution in [0.4, 0.5) is 9.93 Å². The fourth-order valence-electron chi connectivity index (χ4n) is 3.68. The first kappa shape index (κ1) is 22.6. The minimum atomic E-state index is -0.870. The van der Waals surface area contributed by atoms with Gasteiger partial charge in [0.05, 0.1) is 16.2 Å². The molecule has 162 valence electrons. The molecule has 7 nitrogen and oxygen atoms in total. The molecule has 3 rings (SSSR count). The van der Waals surface area contributed by atoms with Crippen molar-refractivity contribution in [3.8, 4) is 0 Å². The maximum absolute atomic E-state index is 13.1. The number of aliphatic carboxylic acids is 1. The highest BCUT2D eigenvalue weighted by atomic mass is 32.2. The van der Waals surface area contributed by atoms with Gasteiger partial charge in [0.25, 0.3) is 0 Å². The number of rotatable bonds is 9. The SMILES string of the molecule is C[C@H]1CC[C@H](N(CCCc2cccnc2)C(=O)Nc2ncc(SCC(=O)O)s2)CC1. The molecule has 2 aromatic rings. The lowest BCUT2D eigenvalue weighted by atomic mass is 9.86. The van der Waals surface area contributed by atoms with Gasteiger partial charge in [0.15, 0.2) is 5.13 Å². The van der Waals surface area contributed by atoms with Crippen LogP contribution in [0.1, 0.15) is 44.6 Å². The van der Waals surface area contributed by atoms with Crippen LogP contribution >= 0.6 is 23.1 Å². The van der Waals surface area contributed by atoms with Gasteiger partial charge in [-0.3, -0.25) is 15.1 Å². The van der Waals surface area contributed by atoms with E-state index in [4.69, 9.17) is 5.11 Å². The van der Waals surface area contributed by atoms with Crippen molar-refractivity contribution in [2.75, 3.05) is 17.6 Å². The van der Waals surface area contributed by atoms with Gasteiger partial charge in [-0.05, 0) is 56.1 Å². The van der Waals surface area contributed by atoms with Crippen LogP contribution in [0, 0.1) is 5.92 Å². The van der Waals surface area contributed by atoms with Gasteiger partial charge in [0, 0.05) is 25.0 Å². The zero-order chi connectivity index (χ0) is 21.3. The number of amides is 2. The molecule has 0 unspecified atom stereocenters. The number of hydrogen-bond acceptors (Lipinski definition) is 6. The molecule has 0 bridgehead atoms. The van der Waals surface area contributed by atoms with Gasteiger partial charge < -0.3 is 10.0 Å². The Labute approximate surface area is 185 Å². The molecular formula is C21H28N4O3S2. The minimum Gasteiger partial charge on any atom is -0.481 e. The summed E-state index contributed by atoms with van der Waals surface area (Å²) < 4.78 is 0.780. The third-order valence-electron chi connectivity index (χ3n) is 5.31. The van der Waals surface area contributed by atoms with Crippen molar-refractivity contribution < 1.29 is 14.7 Å². The van der Waals surface area contributed by atoms with E-state index in [0.29, 0.717) is 17.6 Å². The Bertz CT molecular complexity index is 823. The maximum atomic E-state index is 13.1. The van der Waals surface area contributed by atoms with Crippen LogP contribution in [0.3, 0.4) is 0 Å². The lowest BCUT2D eigenvalue weighted by Crippen LogP contribution is -2.45. The number of anilines is 1. The number of carboxylic acids is 1. The summed E-state index contributed by atoms with van der Waals surface area (Å²) in [4.78, 5) is 34.2. The molecule has 1 saturated carbocycles. The molecule has 0 saturated heterocycles. The third kappa shape index (κ3) is 6.98. The van der Waals surface area contributed by atoms with E-state index in [0.717, 1.165) is 42.7 Å². The number of carboxylic acid groups (broad SMARTS) is 1. The van der Waals surface area contributed by atoms with Crippen LogP contribution in [-0.4, -0.2) is 50.3 Å². The molecule has 1 aliphatic rings. The van der Waals surface area contributed by atoms with Crippen LogP contribution in [0.5, 0.6) is 0 Å². The number of aromatic nitrogens is 2. The zero-order valence-corrected chi connectivity index (χ0v) is 18.8. The van der Waals surface area contributed by atoms with Crippen molar-refractivity contribution in [1.82, 2.24) is 14.9 Å². The number of nitrogens with one attached hydrogen (secondary N) is 1. The topological polar surface area (TPSA) is 95.4 Å². The molecule has 0 radical (unpaired) electrons. The van der Waals surface area contributed by atoms with Crippen LogP contribution < -0.4 is 5.32 Å². The number of hydrogen-bond donors (Lipinski definition) is 2. The maximum Gasteiger partial charge on any atom is 0.323 e. The lowest BCUT2D eigenvalue weighted by Gasteiger charge is -2.36. The second kappa shape index (κ2) is 11.3. The van der Waals surface area contributed by atoms with E-state index in [1.165, 1.54) is 28.7 Å². The van der Waals surface area contributed by atoms with Crippen LogP contribution in [0.15, 0.2) is 34.9 Å². The second-order valence-corrected chi connectivity index (χ2v) is 9.98. The quantitative estimate of drug-likeness (QED) is 0.537. The Balaban J connectivity index is 1.60. The van der Waals surface area contributed by atoms with Gasteiger partial charge in [0.2, 0.25) is 0 Å². The number of pyridine rings is 1. The normalized spacial score (nSPS) is 18.7. The molecule has 2 aromatic heterocycles. The molecule has 0 aromatic carbocycles. The van der Waals surface area contributed by atoms with Crippen molar-refractivity contribution >= 4 is 40.2 Å². The van der Waals surface area contributed by atoms with Gasteiger partial charge in [-0.15, -0.1) is 11.8 Å². The van der Waals surface area contributed by atoms with E-state index in [9.17, 15) is 9.59 Å². The predicted octanol–water partition coefficient (Wildman–Crippen LogP) is 4.76. The molecule has 30 heavy (non-hydrogen) atoms. The molecule has 0 atom stereocenters. The summed E-state index contributed by atoms with van der Waals surface area (Å²) >= 11 is 2.52. The molecule has 2 N–H and O–H groups in total. The summed E-state index contributed by atoms with van der Waals surface area (Å²) in [7, 11) is 0. The average Bonchev–Trinajstić information content (AvgIpc) is 3.18. The summed E-state index contributed by atoms with van der Waals surface area (Å²) in [6.45, 7) is 2.96. The highest BCUT2D eigenvalue weighted by Crippen LogP contribution is 2.30. The molecule has 9 heteroatoms. The number of carbonyl (C=O) groups excluding carboxylic acids is 1. The summed E-state index contributed by atoms with van der Waals surface area (Å²) in [6.07, 6.45) is 11.4. The Morgan fingerprint density at radius 1 is 1.30 bits per heavy atom. The predicted molar refractivity (Wildman–Crippen MR) is 120 cm³/mol. The van der Waals surface area contributed by atoms with Crippen molar-refractivity contribution in [2.45, 2.75) is 55.7 Å². The third-order valence-corrected chi connectivity index (χ3v) is 7.40. The van der Waals surface area contributed by atoms with Gasteiger partial charge in [0.1, 0.15) is 0 Å². The zero-order valence-electron chi connectivity index (χ0n) is 17.1. The number of aryl methyl sites for hydroxylation is 1. The summed E-state index contributed by atoms with van der Waals surface area (Å²) in [6, 6.07) is 4.12. The Hall–Kier alpha value is -2.13. The average molecular weight is 449 g/mol. The van der Waals surface area contributed by atoms with E-state index in [1.807, 2.05) is 17.2 Å². The number of nitrogens with zero attached hydrogens (tertiary/aromatic N) is 3. The summed E-state index contributed by atoms with van der Waals surface area (Å²) in [5.74, 6) is -0.171. The summed E-state index contributed by atoms with van der Waals surface area (Å²) in [5.41, 5.74) is 1.18. The highest BCUT2D eigenvalue weighted by Gasteiger charge is 2.27. The molecule has 0 spiro atoms. The Morgan fingerprint density at radius 3 is 2.80 bits per heavy atom. The molecule has 0 aliphatic heterocycles. The highest BCUT2D eigenvalue weighted by molar-refractivity contribution is 8.01. The van der Waals surface area contributed by atoms with Crippen LogP contribution in [0.2, 0.25) is 0 Å². The minimum absolute atomic E-state index is 0.0176. The van der Waals surface area contributed by atoms with E-state index >= 15 is 0 Å².